The van der Waals surface area contributed by atoms with Gasteiger partial charge < -0.3 is 10.6 Å². The normalized spacial score (nSPS) is 18.4. The van der Waals surface area contributed by atoms with Gasteiger partial charge in [0.1, 0.15) is 11.9 Å². The predicted molar refractivity (Wildman–Crippen MR) is 65.3 cm³/mol. The van der Waals surface area contributed by atoms with Crippen molar-refractivity contribution in [3.63, 3.8) is 0 Å². The highest BCUT2D eigenvalue weighted by Gasteiger charge is 2.32. The van der Waals surface area contributed by atoms with E-state index >= 15 is 0 Å². The van der Waals surface area contributed by atoms with Gasteiger partial charge in [-0.3, -0.25) is 4.79 Å². The summed E-state index contributed by atoms with van der Waals surface area (Å²) in [5.41, 5.74) is 1.86. The van der Waals surface area contributed by atoms with Crippen molar-refractivity contribution < 1.29 is 9.18 Å². The van der Waals surface area contributed by atoms with Gasteiger partial charge in [0.05, 0.1) is 5.69 Å². The van der Waals surface area contributed by atoms with Crippen LogP contribution in [0, 0.1) is 18.7 Å². The van der Waals surface area contributed by atoms with Gasteiger partial charge in [0.15, 0.2) is 0 Å². The zero-order chi connectivity index (χ0) is 12.6. The van der Waals surface area contributed by atoms with Crippen LogP contribution in [0.15, 0.2) is 12.1 Å². The zero-order valence-electron chi connectivity index (χ0n) is 10.3. The quantitative estimate of drug-likeness (QED) is 0.846. The number of nitrogens with one attached hydrogen (secondary N) is 2. The minimum Gasteiger partial charge on any atom is -0.322 e. The third-order valence-corrected chi connectivity index (χ3v) is 2.82. The van der Waals surface area contributed by atoms with Gasteiger partial charge in [0.2, 0.25) is 5.91 Å². The van der Waals surface area contributed by atoms with Crippen LogP contribution in [-0.4, -0.2) is 12.5 Å². The molecule has 1 aromatic carbocycles. The fourth-order valence-electron chi connectivity index (χ4n) is 2.02. The van der Waals surface area contributed by atoms with E-state index < -0.39 is 6.04 Å². The minimum atomic E-state index is -0.429. The molecule has 0 spiro atoms. The lowest BCUT2D eigenvalue weighted by atomic mass is 10.0. The molecule has 4 heteroatoms. The summed E-state index contributed by atoms with van der Waals surface area (Å²) in [5, 5.41) is 5.75. The second-order valence-corrected chi connectivity index (χ2v) is 4.94. The van der Waals surface area contributed by atoms with E-state index in [1.165, 1.54) is 6.07 Å². The zero-order valence-corrected chi connectivity index (χ0v) is 10.3. The smallest absolute Gasteiger partial charge is 0.246 e. The Labute approximate surface area is 100 Å². The summed E-state index contributed by atoms with van der Waals surface area (Å²) in [6, 6.07) is 2.86. The molecule has 2 rings (SSSR count). The van der Waals surface area contributed by atoms with E-state index in [4.69, 9.17) is 0 Å². The average Bonchev–Trinajstić information content (AvgIpc) is 2.52. The van der Waals surface area contributed by atoms with Crippen molar-refractivity contribution in [1.82, 2.24) is 5.32 Å². The molecule has 2 N–H and O–H groups in total. The molecule has 1 atom stereocenters. The molecule has 1 aliphatic rings. The first kappa shape index (κ1) is 12.0. The molecule has 0 fully saturated rings. The highest BCUT2D eigenvalue weighted by atomic mass is 19.1. The second-order valence-electron chi connectivity index (χ2n) is 4.94. The number of rotatable bonds is 3. The van der Waals surface area contributed by atoms with Crippen molar-refractivity contribution in [3.8, 4) is 0 Å². The molecule has 0 bridgehead atoms. The number of aryl methyl sites for hydroxylation is 1. The Balaban J connectivity index is 2.30. The Bertz CT molecular complexity index is 457. The molecule has 0 saturated heterocycles. The van der Waals surface area contributed by atoms with E-state index in [2.05, 4.69) is 24.5 Å². The van der Waals surface area contributed by atoms with E-state index in [0.29, 0.717) is 17.2 Å². The Morgan fingerprint density at radius 3 is 2.82 bits per heavy atom. The summed E-state index contributed by atoms with van der Waals surface area (Å²) in [6.07, 6.45) is 0. The van der Waals surface area contributed by atoms with Crippen molar-refractivity contribution in [2.45, 2.75) is 26.8 Å². The molecule has 1 heterocycles. The molecule has 0 saturated carbocycles. The Hall–Kier alpha value is -1.42. The standard InChI is InChI=1S/C13H17FN2O/c1-7(2)6-15-12-9-4-8(3)5-10(14)11(9)16-13(12)17/h4-5,7,12,15H,6H2,1-3H3,(H,16,17). The van der Waals surface area contributed by atoms with Gasteiger partial charge in [-0.05, 0) is 31.0 Å². The van der Waals surface area contributed by atoms with Crippen molar-refractivity contribution in [3.05, 3.63) is 29.1 Å². The van der Waals surface area contributed by atoms with Gasteiger partial charge in [-0.2, -0.15) is 0 Å². The maximum absolute atomic E-state index is 13.7. The van der Waals surface area contributed by atoms with Gasteiger partial charge >= 0.3 is 0 Å². The number of fused-ring (bicyclic) bond motifs is 1. The first-order chi connectivity index (χ1) is 7.99. The highest BCUT2D eigenvalue weighted by Crippen LogP contribution is 2.33. The molecule has 92 valence electrons. The molecule has 1 amide bonds. The second kappa shape index (κ2) is 4.45. The van der Waals surface area contributed by atoms with Crippen LogP contribution in [-0.2, 0) is 4.79 Å². The summed E-state index contributed by atoms with van der Waals surface area (Å²) in [5.74, 6) is -0.0890. The molecule has 3 nitrogen and oxygen atoms in total. The first-order valence-electron chi connectivity index (χ1n) is 5.83. The van der Waals surface area contributed by atoms with Crippen LogP contribution in [0.5, 0.6) is 0 Å². The predicted octanol–water partition coefficient (Wildman–Crippen LogP) is 2.37. The van der Waals surface area contributed by atoms with Gasteiger partial charge in [-0.1, -0.05) is 19.9 Å². The molecular formula is C13H17FN2O. The van der Waals surface area contributed by atoms with E-state index in [0.717, 1.165) is 12.1 Å². The van der Waals surface area contributed by atoms with E-state index in [1.54, 1.807) is 0 Å². The molecule has 0 aromatic heterocycles. The van der Waals surface area contributed by atoms with Crippen molar-refractivity contribution in [1.29, 1.82) is 0 Å². The molecule has 1 aromatic rings. The SMILES string of the molecule is Cc1cc(F)c2c(c1)C(NCC(C)C)C(=O)N2. The number of halogens is 1. The molecule has 1 unspecified atom stereocenters. The summed E-state index contributed by atoms with van der Waals surface area (Å²) in [4.78, 5) is 11.8. The summed E-state index contributed by atoms with van der Waals surface area (Å²) in [6.45, 7) is 6.69. The van der Waals surface area contributed by atoms with Crippen LogP contribution in [0.4, 0.5) is 10.1 Å². The lowest BCUT2D eigenvalue weighted by Gasteiger charge is -2.13. The fourth-order valence-corrected chi connectivity index (χ4v) is 2.02. The number of carbonyl (C=O) groups is 1. The van der Waals surface area contributed by atoms with Crippen LogP contribution in [0.25, 0.3) is 0 Å². The number of benzene rings is 1. The fraction of sp³-hybridized carbons (Fsp3) is 0.462. The Kier molecular flexibility index (Phi) is 3.15. The maximum atomic E-state index is 13.7. The Morgan fingerprint density at radius 2 is 2.18 bits per heavy atom. The minimum absolute atomic E-state index is 0.176. The average molecular weight is 236 g/mol. The van der Waals surface area contributed by atoms with Gasteiger partial charge in [-0.15, -0.1) is 0 Å². The summed E-state index contributed by atoms with van der Waals surface area (Å²) < 4.78 is 13.7. The van der Waals surface area contributed by atoms with E-state index in [-0.39, 0.29) is 11.7 Å². The molecule has 0 aliphatic carbocycles. The number of hydrogen-bond acceptors (Lipinski definition) is 2. The molecule has 17 heavy (non-hydrogen) atoms. The number of amides is 1. The lowest BCUT2D eigenvalue weighted by molar-refractivity contribution is -0.117. The lowest BCUT2D eigenvalue weighted by Crippen LogP contribution is -2.30. The number of carbonyl (C=O) groups excluding carboxylic acids is 1. The highest BCUT2D eigenvalue weighted by molar-refractivity contribution is 6.02. The summed E-state index contributed by atoms with van der Waals surface area (Å²) >= 11 is 0. The number of anilines is 1. The Morgan fingerprint density at radius 1 is 1.47 bits per heavy atom. The van der Waals surface area contributed by atoms with Crippen molar-refractivity contribution in [2.75, 3.05) is 11.9 Å². The van der Waals surface area contributed by atoms with Gasteiger partial charge in [0.25, 0.3) is 0 Å². The summed E-state index contributed by atoms with van der Waals surface area (Å²) in [7, 11) is 0. The van der Waals surface area contributed by atoms with Crippen molar-refractivity contribution in [2.24, 2.45) is 5.92 Å². The third kappa shape index (κ3) is 2.31. The largest absolute Gasteiger partial charge is 0.322 e. The van der Waals surface area contributed by atoms with Crippen LogP contribution < -0.4 is 10.6 Å². The van der Waals surface area contributed by atoms with E-state index in [1.807, 2.05) is 13.0 Å². The maximum Gasteiger partial charge on any atom is 0.246 e. The van der Waals surface area contributed by atoms with Crippen LogP contribution >= 0.6 is 0 Å². The van der Waals surface area contributed by atoms with Gasteiger partial charge in [0, 0.05) is 5.56 Å². The van der Waals surface area contributed by atoms with Crippen LogP contribution in [0.3, 0.4) is 0 Å². The molecular weight excluding hydrogens is 219 g/mol. The van der Waals surface area contributed by atoms with E-state index in [9.17, 15) is 9.18 Å². The van der Waals surface area contributed by atoms with Crippen LogP contribution in [0.1, 0.15) is 31.0 Å². The topological polar surface area (TPSA) is 41.1 Å². The monoisotopic (exact) mass is 236 g/mol. The van der Waals surface area contributed by atoms with Gasteiger partial charge in [-0.25, -0.2) is 4.39 Å². The third-order valence-electron chi connectivity index (χ3n) is 2.82. The van der Waals surface area contributed by atoms with Crippen LogP contribution in [0.2, 0.25) is 0 Å². The first-order valence-corrected chi connectivity index (χ1v) is 5.83. The number of hydrogen-bond donors (Lipinski definition) is 2. The molecule has 0 radical (unpaired) electrons. The van der Waals surface area contributed by atoms with Crippen molar-refractivity contribution >= 4 is 11.6 Å². The molecule has 1 aliphatic heterocycles.